The average molecular weight is 325 g/mol. The third-order valence-electron chi connectivity index (χ3n) is 3.53. The fraction of sp³-hybridized carbons (Fsp3) is 0.211. The van der Waals surface area contributed by atoms with Crippen LogP contribution < -0.4 is 5.32 Å². The molecule has 2 aromatic carbocycles. The summed E-state index contributed by atoms with van der Waals surface area (Å²) in [6.07, 6.45) is 0.0665. The van der Waals surface area contributed by atoms with Crippen molar-refractivity contribution in [3.8, 4) is 0 Å². The fourth-order valence-corrected chi connectivity index (χ4v) is 2.31. The van der Waals surface area contributed by atoms with E-state index < -0.39 is 17.9 Å². The molecule has 5 nitrogen and oxygen atoms in total. The van der Waals surface area contributed by atoms with Gasteiger partial charge in [0.15, 0.2) is 5.78 Å². The number of amides is 1. The van der Waals surface area contributed by atoms with Crippen molar-refractivity contribution < 1.29 is 19.1 Å². The molecule has 1 amide bonds. The quantitative estimate of drug-likeness (QED) is 0.654. The Hall–Kier alpha value is -2.95. The molecule has 1 N–H and O–H groups in total. The molecule has 0 aliphatic heterocycles. The van der Waals surface area contributed by atoms with Gasteiger partial charge in [0.2, 0.25) is 0 Å². The molecule has 2 rings (SSSR count). The molecule has 0 saturated heterocycles. The minimum absolute atomic E-state index is 0.0665. The van der Waals surface area contributed by atoms with Crippen LogP contribution in [0.4, 0.5) is 0 Å². The van der Waals surface area contributed by atoms with Crippen LogP contribution in [0, 0.1) is 0 Å². The van der Waals surface area contributed by atoms with E-state index in [4.69, 9.17) is 0 Å². The van der Waals surface area contributed by atoms with Gasteiger partial charge in [-0.25, -0.2) is 0 Å². The standard InChI is InChI=1S/C19H19NO4/c1-13(12-17(21)24-2)20-19(23)16-11-7-6-10-15(16)18(22)14-8-4-3-5-9-14/h3-11,13H,12H2,1-2H3,(H,20,23). The van der Waals surface area contributed by atoms with Gasteiger partial charge in [0.25, 0.3) is 5.91 Å². The van der Waals surface area contributed by atoms with E-state index in [1.807, 2.05) is 6.07 Å². The molecule has 0 aliphatic carbocycles. The summed E-state index contributed by atoms with van der Waals surface area (Å²) in [5.41, 5.74) is 1.12. The molecule has 1 atom stereocenters. The number of rotatable bonds is 6. The summed E-state index contributed by atoms with van der Waals surface area (Å²) in [6, 6.07) is 15.0. The Labute approximate surface area is 140 Å². The zero-order valence-electron chi connectivity index (χ0n) is 13.6. The van der Waals surface area contributed by atoms with Gasteiger partial charge in [-0.3, -0.25) is 14.4 Å². The van der Waals surface area contributed by atoms with E-state index in [0.717, 1.165) is 0 Å². The molecule has 0 radical (unpaired) electrons. The van der Waals surface area contributed by atoms with E-state index in [0.29, 0.717) is 11.1 Å². The molecular weight excluding hydrogens is 306 g/mol. The summed E-state index contributed by atoms with van der Waals surface area (Å²) in [5.74, 6) is -1.02. The van der Waals surface area contributed by atoms with Gasteiger partial charge in [0.05, 0.1) is 19.1 Å². The number of ketones is 1. The highest BCUT2D eigenvalue weighted by Crippen LogP contribution is 2.15. The average Bonchev–Trinajstić information content (AvgIpc) is 2.61. The first kappa shape index (κ1) is 17.4. The molecule has 1 unspecified atom stereocenters. The molecule has 0 spiro atoms. The lowest BCUT2D eigenvalue weighted by Crippen LogP contribution is -2.35. The van der Waals surface area contributed by atoms with Crippen molar-refractivity contribution >= 4 is 17.7 Å². The lowest BCUT2D eigenvalue weighted by Gasteiger charge is -2.14. The van der Waals surface area contributed by atoms with Crippen LogP contribution in [0.25, 0.3) is 0 Å². The monoisotopic (exact) mass is 325 g/mol. The lowest BCUT2D eigenvalue weighted by atomic mass is 9.97. The van der Waals surface area contributed by atoms with Crippen LogP contribution in [0.2, 0.25) is 0 Å². The second-order valence-electron chi connectivity index (χ2n) is 5.40. The maximum Gasteiger partial charge on any atom is 0.307 e. The van der Waals surface area contributed by atoms with Crippen LogP contribution in [0.3, 0.4) is 0 Å². The summed E-state index contributed by atoms with van der Waals surface area (Å²) in [7, 11) is 1.30. The predicted molar refractivity (Wildman–Crippen MR) is 89.9 cm³/mol. The zero-order valence-corrected chi connectivity index (χ0v) is 13.6. The van der Waals surface area contributed by atoms with E-state index in [1.54, 1.807) is 55.5 Å². The summed E-state index contributed by atoms with van der Waals surface area (Å²) >= 11 is 0. The largest absolute Gasteiger partial charge is 0.469 e. The van der Waals surface area contributed by atoms with Crippen molar-refractivity contribution in [2.75, 3.05) is 7.11 Å². The van der Waals surface area contributed by atoms with Gasteiger partial charge in [-0.1, -0.05) is 48.5 Å². The first-order valence-electron chi connectivity index (χ1n) is 7.59. The minimum atomic E-state index is -0.406. The lowest BCUT2D eigenvalue weighted by molar-refractivity contribution is -0.141. The molecule has 0 saturated carbocycles. The van der Waals surface area contributed by atoms with Crippen molar-refractivity contribution in [3.05, 3.63) is 71.3 Å². The van der Waals surface area contributed by atoms with E-state index in [2.05, 4.69) is 10.1 Å². The van der Waals surface area contributed by atoms with Gasteiger partial charge >= 0.3 is 5.97 Å². The van der Waals surface area contributed by atoms with E-state index >= 15 is 0 Å². The van der Waals surface area contributed by atoms with Gasteiger partial charge < -0.3 is 10.1 Å². The molecular formula is C19H19NO4. The predicted octanol–water partition coefficient (Wildman–Crippen LogP) is 2.60. The SMILES string of the molecule is COC(=O)CC(C)NC(=O)c1ccccc1C(=O)c1ccccc1. The molecule has 0 heterocycles. The number of nitrogens with one attached hydrogen (secondary N) is 1. The maximum atomic E-state index is 12.6. The van der Waals surface area contributed by atoms with E-state index in [1.165, 1.54) is 7.11 Å². The van der Waals surface area contributed by atoms with Gasteiger partial charge in [0.1, 0.15) is 0 Å². The highest BCUT2D eigenvalue weighted by atomic mass is 16.5. The number of ether oxygens (including phenoxy) is 1. The number of hydrogen-bond donors (Lipinski definition) is 1. The Morgan fingerprint density at radius 1 is 0.958 bits per heavy atom. The first-order valence-corrected chi connectivity index (χ1v) is 7.59. The topological polar surface area (TPSA) is 72.5 Å². The smallest absolute Gasteiger partial charge is 0.307 e. The molecule has 124 valence electrons. The number of esters is 1. The third-order valence-corrected chi connectivity index (χ3v) is 3.53. The molecule has 0 bridgehead atoms. The second-order valence-corrected chi connectivity index (χ2v) is 5.40. The minimum Gasteiger partial charge on any atom is -0.469 e. The van der Waals surface area contributed by atoms with Crippen LogP contribution in [0.15, 0.2) is 54.6 Å². The Balaban J connectivity index is 2.21. The van der Waals surface area contributed by atoms with Crippen LogP contribution in [0.5, 0.6) is 0 Å². The van der Waals surface area contributed by atoms with E-state index in [-0.39, 0.29) is 17.8 Å². The summed E-state index contributed by atoms with van der Waals surface area (Å²) in [5, 5.41) is 2.72. The summed E-state index contributed by atoms with van der Waals surface area (Å²) in [6.45, 7) is 1.70. The molecule has 2 aromatic rings. The maximum absolute atomic E-state index is 12.6. The Morgan fingerprint density at radius 3 is 2.17 bits per heavy atom. The second kappa shape index (κ2) is 8.06. The molecule has 0 aromatic heterocycles. The van der Waals surface area contributed by atoms with Crippen molar-refractivity contribution in [2.24, 2.45) is 0 Å². The van der Waals surface area contributed by atoms with Gasteiger partial charge in [-0.2, -0.15) is 0 Å². The van der Waals surface area contributed by atoms with Crippen LogP contribution in [-0.2, 0) is 9.53 Å². The van der Waals surface area contributed by atoms with Crippen LogP contribution >= 0.6 is 0 Å². The molecule has 0 fully saturated rings. The highest BCUT2D eigenvalue weighted by molar-refractivity contribution is 6.15. The van der Waals surface area contributed by atoms with E-state index in [9.17, 15) is 14.4 Å². The molecule has 5 heteroatoms. The van der Waals surface area contributed by atoms with Gasteiger partial charge in [0, 0.05) is 17.2 Å². The highest BCUT2D eigenvalue weighted by Gasteiger charge is 2.20. The van der Waals surface area contributed by atoms with Crippen molar-refractivity contribution in [1.82, 2.24) is 5.32 Å². The number of methoxy groups -OCH3 is 1. The Kier molecular flexibility index (Phi) is 5.84. The normalized spacial score (nSPS) is 11.4. The number of carbonyl (C=O) groups is 3. The number of hydrogen-bond acceptors (Lipinski definition) is 4. The number of carbonyl (C=O) groups excluding carboxylic acids is 3. The van der Waals surface area contributed by atoms with Crippen LogP contribution in [0.1, 0.15) is 39.6 Å². The summed E-state index contributed by atoms with van der Waals surface area (Å²) in [4.78, 5) is 36.4. The Morgan fingerprint density at radius 2 is 1.54 bits per heavy atom. The Bertz CT molecular complexity index is 740. The van der Waals surface area contributed by atoms with Crippen LogP contribution in [-0.4, -0.2) is 30.8 Å². The zero-order chi connectivity index (χ0) is 17.5. The number of benzene rings is 2. The van der Waals surface area contributed by atoms with Crippen molar-refractivity contribution in [2.45, 2.75) is 19.4 Å². The fourth-order valence-electron chi connectivity index (χ4n) is 2.31. The summed E-state index contributed by atoms with van der Waals surface area (Å²) < 4.78 is 4.58. The van der Waals surface area contributed by atoms with Gasteiger partial charge in [-0.15, -0.1) is 0 Å². The third kappa shape index (κ3) is 4.29. The van der Waals surface area contributed by atoms with Crippen molar-refractivity contribution in [1.29, 1.82) is 0 Å². The van der Waals surface area contributed by atoms with Gasteiger partial charge in [-0.05, 0) is 13.0 Å². The first-order chi connectivity index (χ1) is 11.5. The van der Waals surface area contributed by atoms with Crippen molar-refractivity contribution in [3.63, 3.8) is 0 Å². The molecule has 0 aliphatic rings. The molecule has 24 heavy (non-hydrogen) atoms.